The molecule has 2 fully saturated rings. The summed E-state index contributed by atoms with van der Waals surface area (Å²) in [5.74, 6) is 1.95. The molecule has 2 aromatic carbocycles. The fraction of sp³-hybridized carbons (Fsp3) is 0.538. The zero-order valence-corrected chi connectivity index (χ0v) is 19.5. The van der Waals surface area contributed by atoms with Gasteiger partial charge in [-0.3, -0.25) is 9.80 Å². The predicted octanol–water partition coefficient (Wildman–Crippen LogP) is 3.08. The Morgan fingerprint density at radius 2 is 1.56 bits per heavy atom. The maximum Gasteiger partial charge on any atom is 0.142 e. The Morgan fingerprint density at radius 3 is 2.31 bits per heavy atom. The Balaban J connectivity index is 1.09. The Morgan fingerprint density at radius 1 is 0.812 bits per heavy atom. The second-order valence-electron chi connectivity index (χ2n) is 8.73. The van der Waals surface area contributed by atoms with Crippen LogP contribution in [0.25, 0.3) is 0 Å². The van der Waals surface area contributed by atoms with Crippen LogP contribution < -0.4 is 19.7 Å². The van der Waals surface area contributed by atoms with E-state index in [1.165, 1.54) is 17.7 Å². The van der Waals surface area contributed by atoms with Crippen LogP contribution in [0.4, 0.5) is 5.69 Å². The second kappa shape index (κ2) is 12.1. The average molecular weight is 439 g/mol. The molecule has 0 spiro atoms. The van der Waals surface area contributed by atoms with Crippen LogP contribution in [0.3, 0.4) is 0 Å². The van der Waals surface area contributed by atoms with Crippen LogP contribution in [-0.2, 0) is 6.54 Å². The lowest BCUT2D eigenvalue weighted by molar-refractivity contribution is 0.232. The molecule has 2 aliphatic heterocycles. The first kappa shape index (κ1) is 22.9. The van der Waals surface area contributed by atoms with E-state index in [2.05, 4.69) is 56.4 Å². The molecule has 32 heavy (non-hydrogen) atoms. The van der Waals surface area contributed by atoms with Crippen molar-refractivity contribution in [2.75, 3.05) is 77.5 Å². The van der Waals surface area contributed by atoms with Gasteiger partial charge in [-0.1, -0.05) is 24.3 Å². The van der Waals surface area contributed by atoms with Gasteiger partial charge in [-0.15, -0.1) is 0 Å². The van der Waals surface area contributed by atoms with Gasteiger partial charge < -0.3 is 19.7 Å². The van der Waals surface area contributed by atoms with Gasteiger partial charge in [-0.25, -0.2) is 0 Å². The fourth-order valence-corrected chi connectivity index (χ4v) is 4.55. The number of para-hydroxylation sites is 2. The van der Waals surface area contributed by atoms with Crippen molar-refractivity contribution >= 4 is 5.69 Å². The van der Waals surface area contributed by atoms with Crippen molar-refractivity contribution in [1.82, 2.24) is 15.1 Å². The van der Waals surface area contributed by atoms with Gasteiger partial charge in [0.05, 0.1) is 19.4 Å². The van der Waals surface area contributed by atoms with Crippen LogP contribution >= 0.6 is 0 Å². The molecule has 0 bridgehead atoms. The molecular weight excluding hydrogens is 400 g/mol. The molecule has 0 saturated carbocycles. The lowest BCUT2D eigenvalue weighted by Gasteiger charge is -2.36. The number of rotatable bonds is 10. The molecule has 4 rings (SSSR count). The third-order valence-electron chi connectivity index (χ3n) is 6.47. The number of piperazine rings is 2. The van der Waals surface area contributed by atoms with Crippen molar-refractivity contribution in [2.24, 2.45) is 0 Å². The minimum atomic E-state index is 0.790. The summed E-state index contributed by atoms with van der Waals surface area (Å²) in [7, 11) is 1.75. The third-order valence-corrected chi connectivity index (χ3v) is 6.47. The minimum absolute atomic E-state index is 0.790. The van der Waals surface area contributed by atoms with Crippen molar-refractivity contribution in [2.45, 2.75) is 19.4 Å². The van der Waals surface area contributed by atoms with Crippen molar-refractivity contribution < 1.29 is 9.47 Å². The number of nitrogens with zero attached hydrogens (tertiary/aromatic N) is 3. The second-order valence-corrected chi connectivity index (χ2v) is 8.73. The molecule has 0 aliphatic carbocycles. The molecule has 6 nitrogen and oxygen atoms in total. The van der Waals surface area contributed by atoms with Crippen LogP contribution in [-0.4, -0.2) is 82.4 Å². The highest BCUT2D eigenvalue weighted by molar-refractivity contribution is 5.58. The SMILES string of the molecule is COc1ccccc1N1CCN(CCCCOc2ccc(CN3CCNCC3)cc2)CC1. The molecule has 0 radical (unpaired) electrons. The number of methoxy groups -OCH3 is 1. The van der Waals surface area contributed by atoms with Crippen LogP contribution in [0, 0.1) is 0 Å². The molecule has 2 aliphatic rings. The highest BCUT2D eigenvalue weighted by Crippen LogP contribution is 2.28. The van der Waals surface area contributed by atoms with Crippen LogP contribution in [0.15, 0.2) is 48.5 Å². The summed E-state index contributed by atoms with van der Waals surface area (Å²) < 4.78 is 11.5. The molecule has 0 unspecified atom stereocenters. The van der Waals surface area contributed by atoms with E-state index in [1.54, 1.807) is 7.11 Å². The maximum atomic E-state index is 5.98. The summed E-state index contributed by atoms with van der Waals surface area (Å²) in [6.07, 6.45) is 2.27. The van der Waals surface area contributed by atoms with Gasteiger partial charge in [-0.05, 0) is 49.2 Å². The summed E-state index contributed by atoms with van der Waals surface area (Å²) in [5.41, 5.74) is 2.58. The van der Waals surface area contributed by atoms with Gasteiger partial charge in [0.15, 0.2) is 0 Å². The van der Waals surface area contributed by atoms with Gasteiger partial charge in [0, 0.05) is 58.9 Å². The van der Waals surface area contributed by atoms with Gasteiger partial charge >= 0.3 is 0 Å². The number of hydrogen-bond donors (Lipinski definition) is 1. The molecule has 1 N–H and O–H groups in total. The van der Waals surface area contributed by atoms with Gasteiger partial charge in [-0.2, -0.15) is 0 Å². The molecule has 2 aromatic rings. The first-order valence-corrected chi connectivity index (χ1v) is 12.1. The normalized spacial score (nSPS) is 18.0. The molecule has 174 valence electrons. The Kier molecular flexibility index (Phi) is 8.65. The first-order valence-electron chi connectivity index (χ1n) is 12.1. The van der Waals surface area contributed by atoms with E-state index in [9.17, 15) is 0 Å². The van der Waals surface area contributed by atoms with E-state index in [0.29, 0.717) is 0 Å². The van der Waals surface area contributed by atoms with Gasteiger partial charge in [0.1, 0.15) is 11.5 Å². The number of unbranched alkanes of at least 4 members (excludes halogenated alkanes) is 1. The van der Waals surface area contributed by atoms with E-state index >= 15 is 0 Å². The summed E-state index contributed by atoms with van der Waals surface area (Å²) in [6, 6.07) is 17.0. The quantitative estimate of drug-likeness (QED) is 0.575. The summed E-state index contributed by atoms with van der Waals surface area (Å²) in [6.45, 7) is 11.7. The van der Waals surface area contributed by atoms with Crippen molar-refractivity contribution in [3.05, 3.63) is 54.1 Å². The predicted molar refractivity (Wildman–Crippen MR) is 131 cm³/mol. The number of hydrogen-bond acceptors (Lipinski definition) is 6. The summed E-state index contributed by atoms with van der Waals surface area (Å²) in [5, 5.41) is 3.41. The van der Waals surface area contributed by atoms with E-state index in [1.807, 2.05) is 12.1 Å². The first-order chi connectivity index (χ1) is 15.8. The molecule has 2 saturated heterocycles. The highest BCUT2D eigenvalue weighted by Gasteiger charge is 2.19. The fourth-order valence-electron chi connectivity index (χ4n) is 4.55. The van der Waals surface area contributed by atoms with E-state index < -0.39 is 0 Å². The number of nitrogens with one attached hydrogen (secondary N) is 1. The van der Waals surface area contributed by atoms with Gasteiger partial charge in [0.25, 0.3) is 0 Å². The Labute approximate surface area is 193 Å². The van der Waals surface area contributed by atoms with E-state index in [0.717, 1.165) is 90.0 Å². The van der Waals surface area contributed by atoms with Crippen LogP contribution in [0.1, 0.15) is 18.4 Å². The van der Waals surface area contributed by atoms with E-state index in [4.69, 9.17) is 9.47 Å². The number of benzene rings is 2. The topological polar surface area (TPSA) is 40.2 Å². The molecule has 6 heteroatoms. The lowest BCUT2D eigenvalue weighted by Crippen LogP contribution is -2.46. The molecule has 0 amide bonds. The molecular formula is C26H38N4O2. The molecule has 0 aromatic heterocycles. The number of ether oxygens (including phenoxy) is 2. The summed E-state index contributed by atoms with van der Waals surface area (Å²) >= 11 is 0. The summed E-state index contributed by atoms with van der Waals surface area (Å²) in [4.78, 5) is 7.50. The van der Waals surface area contributed by atoms with Gasteiger partial charge in [0.2, 0.25) is 0 Å². The monoisotopic (exact) mass is 438 g/mol. The van der Waals surface area contributed by atoms with Crippen molar-refractivity contribution in [3.63, 3.8) is 0 Å². The Bertz CT molecular complexity index is 800. The van der Waals surface area contributed by atoms with Crippen molar-refractivity contribution in [3.8, 4) is 11.5 Å². The largest absolute Gasteiger partial charge is 0.495 e. The Hall–Kier alpha value is -2.28. The standard InChI is InChI=1S/C26H38N4O2/c1-31-26-7-3-2-6-25(26)30-19-17-28(18-20-30)14-4-5-21-32-24-10-8-23(9-11-24)22-29-15-12-27-13-16-29/h2-3,6-11,27H,4-5,12-22H2,1H3. The minimum Gasteiger partial charge on any atom is -0.495 e. The molecule has 0 atom stereocenters. The molecule has 2 heterocycles. The number of anilines is 1. The lowest BCUT2D eigenvalue weighted by atomic mass is 10.2. The zero-order chi connectivity index (χ0) is 22.0. The van der Waals surface area contributed by atoms with Crippen LogP contribution in [0.2, 0.25) is 0 Å². The van der Waals surface area contributed by atoms with Crippen LogP contribution in [0.5, 0.6) is 11.5 Å². The average Bonchev–Trinajstić information content (AvgIpc) is 2.86. The third kappa shape index (κ3) is 6.61. The van der Waals surface area contributed by atoms with E-state index in [-0.39, 0.29) is 0 Å². The van der Waals surface area contributed by atoms with Crippen molar-refractivity contribution in [1.29, 1.82) is 0 Å². The maximum absolute atomic E-state index is 5.98. The smallest absolute Gasteiger partial charge is 0.142 e. The zero-order valence-electron chi connectivity index (χ0n) is 19.5. The highest BCUT2D eigenvalue weighted by atomic mass is 16.5.